The Kier molecular flexibility index (Phi) is 3.12. The molecule has 3 aromatic rings. The average Bonchev–Trinajstić information content (AvgIpc) is 3.01. The topological polar surface area (TPSA) is 12.9 Å². The van der Waals surface area contributed by atoms with Gasteiger partial charge in [0.05, 0.1) is 5.69 Å². The number of benzene rings is 2. The number of aryl methyl sites for hydroxylation is 1. The number of rotatable bonds is 2. The summed E-state index contributed by atoms with van der Waals surface area (Å²) in [5, 5.41) is 0. The van der Waals surface area contributed by atoms with Crippen molar-refractivity contribution in [3.63, 3.8) is 0 Å². The van der Waals surface area contributed by atoms with Crippen molar-refractivity contribution in [2.24, 2.45) is 0 Å². The fraction of sp³-hybridized carbons (Fsp3) is 0.0952. The van der Waals surface area contributed by atoms with Crippen LogP contribution in [0.15, 0.2) is 66.9 Å². The first-order valence-corrected chi connectivity index (χ1v) is 7.62. The zero-order valence-corrected chi connectivity index (χ0v) is 12.6. The smallest absolute Gasteiger partial charge is 0.0665 e. The third kappa shape index (κ3) is 2.25. The maximum absolute atomic E-state index is 4.49. The number of nitrogens with zero attached hydrogens (tertiary/aromatic N) is 1. The van der Waals surface area contributed by atoms with Gasteiger partial charge in [0.15, 0.2) is 0 Å². The van der Waals surface area contributed by atoms with Crippen LogP contribution >= 0.6 is 0 Å². The first kappa shape index (κ1) is 13.0. The van der Waals surface area contributed by atoms with Gasteiger partial charge >= 0.3 is 0 Å². The second kappa shape index (κ2) is 5.27. The fourth-order valence-electron chi connectivity index (χ4n) is 3.07. The van der Waals surface area contributed by atoms with Gasteiger partial charge in [-0.15, -0.1) is 0 Å². The highest BCUT2D eigenvalue weighted by Crippen LogP contribution is 2.36. The van der Waals surface area contributed by atoms with E-state index in [1.807, 2.05) is 18.3 Å². The highest BCUT2D eigenvalue weighted by atomic mass is 14.7. The van der Waals surface area contributed by atoms with Gasteiger partial charge in [-0.1, -0.05) is 54.1 Å². The van der Waals surface area contributed by atoms with E-state index in [-0.39, 0.29) is 0 Å². The van der Waals surface area contributed by atoms with Crippen LogP contribution < -0.4 is 0 Å². The van der Waals surface area contributed by atoms with E-state index < -0.39 is 0 Å². The fourth-order valence-corrected chi connectivity index (χ4v) is 3.07. The largest absolute Gasteiger partial charge is 0.257 e. The van der Waals surface area contributed by atoms with Gasteiger partial charge in [0.2, 0.25) is 0 Å². The molecule has 1 nitrogen and oxygen atoms in total. The lowest BCUT2D eigenvalue weighted by Crippen LogP contribution is -1.89. The Bertz CT molecular complexity index is 843. The molecule has 0 spiro atoms. The number of hydrogen-bond acceptors (Lipinski definition) is 1. The Morgan fingerprint density at radius 3 is 2.50 bits per heavy atom. The lowest BCUT2D eigenvalue weighted by atomic mass is 9.96. The molecule has 0 saturated heterocycles. The molecule has 0 fully saturated rings. The maximum atomic E-state index is 4.49. The summed E-state index contributed by atoms with van der Waals surface area (Å²) < 4.78 is 0. The molecule has 0 atom stereocenters. The monoisotopic (exact) mass is 283 g/mol. The Balaban J connectivity index is 1.81. The molecular weight excluding hydrogens is 266 g/mol. The second-order valence-corrected chi connectivity index (χ2v) is 5.81. The Hall–Kier alpha value is -2.67. The van der Waals surface area contributed by atoms with E-state index in [4.69, 9.17) is 0 Å². The highest BCUT2D eigenvalue weighted by molar-refractivity contribution is 5.93. The zero-order valence-electron chi connectivity index (χ0n) is 12.6. The van der Waals surface area contributed by atoms with Crippen LogP contribution in [0.2, 0.25) is 0 Å². The van der Waals surface area contributed by atoms with Gasteiger partial charge in [0, 0.05) is 12.6 Å². The van der Waals surface area contributed by atoms with E-state index >= 15 is 0 Å². The van der Waals surface area contributed by atoms with Crippen LogP contribution in [0.4, 0.5) is 0 Å². The summed E-state index contributed by atoms with van der Waals surface area (Å²) >= 11 is 0. The van der Waals surface area contributed by atoms with Crippen molar-refractivity contribution >= 4 is 11.6 Å². The van der Waals surface area contributed by atoms with Gasteiger partial charge in [0.25, 0.3) is 0 Å². The predicted molar refractivity (Wildman–Crippen MR) is 92.4 cm³/mol. The number of hydrogen-bond donors (Lipinski definition) is 0. The van der Waals surface area contributed by atoms with E-state index in [0.717, 1.165) is 12.1 Å². The van der Waals surface area contributed by atoms with E-state index in [1.165, 1.54) is 33.4 Å². The first-order chi connectivity index (χ1) is 10.8. The minimum absolute atomic E-state index is 0.964. The lowest BCUT2D eigenvalue weighted by Gasteiger charge is -2.08. The van der Waals surface area contributed by atoms with Gasteiger partial charge in [-0.2, -0.15) is 0 Å². The number of allylic oxidation sites excluding steroid dienone is 1. The molecule has 0 bridgehead atoms. The SMILES string of the molecule is Cc1ccc(-c2cccc3c2C=C(c2ccccn2)C3)cc1. The van der Waals surface area contributed by atoms with E-state index in [2.05, 4.69) is 66.5 Å². The number of aromatic nitrogens is 1. The molecule has 4 rings (SSSR count). The van der Waals surface area contributed by atoms with Gasteiger partial charge in [-0.25, -0.2) is 0 Å². The Morgan fingerprint density at radius 2 is 1.73 bits per heavy atom. The molecule has 0 saturated carbocycles. The normalized spacial score (nSPS) is 12.9. The molecule has 1 aliphatic carbocycles. The summed E-state index contributed by atoms with van der Waals surface area (Å²) in [6.07, 6.45) is 5.12. The lowest BCUT2D eigenvalue weighted by molar-refractivity contribution is 1.22. The highest BCUT2D eigenvalue weighted by Gasteiger charge is 2.18. The van der Waals surface area contributed by atoms with Crippen LogP contribution in [0.5, 0.6) is 0 Å². The van der Waals surface area contributed by atoms with Crippen LogP contribution in [-0.4, -0.2) is 4.98 Å². The Labute approximate surface area is 131 Å². The molecule has 1 heterocycles. The van der Waals surface area contributed by atoms with Crippen LogP contribution in [0.25, 0.3) is 22.8 Å². The molecule has 0 N–H and O–H groups in total. The third-order valence-corrected chi connectivity index (χ3v) is 4.25. The third-order valence-electron chi connectivity index (χ3n) is 4.25. The summed E-state index contributed by atoms with van der Waals surface area (Å²) in [5.74, 6) is 0. The van der Waals surface area contributed by atoms with Crippen molar-refractivity contribution in [3.8, 4) is 11.1 Å². The van der Waals surface area contributed by atoms with Gasteiger partial charge < -0.3 is 0 Å². The molecular formula is C21H17N. The molecule has 0 amide bonds. The quantitative estimate of drug-likeness (QED) is 0.633. The summed E-state index contributed by atoms with van der Waals surface area (Å²) in [6, 6.07) is 21.4. The van der Waals surface area contributed by atoms with Crippen LogP contribution in [-0.2, 0) is 6.42 Å². The van der Waals surface area contributed by atoms with Crippen molar-refractivity contribution in [1.82, 2.24) is 4.98 Å². The molecule has 0 aliphatic heterocycles. The van der Waals surface area contributed by atoms with E-state index in [9.17, 15) is 0 Å². The standard InChI is InChI=1S/C21H17N/c1-15-8-10-16(11-9-15)19-6-4-5-17-13-18(14-20(17)19)21-7-2-3-12-22-21/h2-12,14H,13H2,1H3. The van der Waals surface area contributed by atoms with Crippen molar-refractivity contribution < 1.29 is 0 Å². The molecule has 0 radical (unpaired) electrons. The molecule has 22 heavy (non-hydrogen) atoms. The molecule has 0 unspecified atom stereocenters. The van der Waals surface area contributed by atoms with Crippen LogP contribution in [0, 0.1) is 6.92 Å². The van der Waals surface area contributed by atoms with Crippen molar-refractivity contribution in [1.29, 1.82) is 0 Å². The van der Waals surface area contributed by atoms with Gasteiger partial charge in [-0.05, 0) is 53.0 Å². The van der Waals surface area contributed by atoms with Gasteiger partial charge in [-0.3, -0.25) is 4.98 Å². The zero-order chi connectivity index (χ0) is 14.9. The summed E-state index contributed by atoms with van der Waals surface area (Å²) in [6.45, 7) is 2.12. The second-order valence-electron chi connectivity index (χ2n) is 5.81. The van der Waals surface area contributed by atoms with Crippen molar-refractivity contribution in [2.75, 3.05) is 0 Å². The number of pyridine rings is 1. The molecule has 2 aromatic carbocycles. The molecule has 1 aromatic heterocycles. The molecule has 1 heteroatoms. The van der Waals surface area contributed by atoms with Crippen LogP contribution in [0.3, 0.4) is 0 Å². The minimum atomic E-state index is 0.964. The maximum Gasteiger partial charge on any atom is 0.0665 e. The molecule has 106 valence electrons. The van der Waals surface area contributed by atoms with Crippen LogP contribution in [0.1, 0.15) is 22.4 Å². The van der Waals surface area contributed by atoms with E-state index in [0.29, 0.717) is 0 Å². The number of fused-ring (bicyclic) bond motifs is 1. The summed E-state index contributed by atoms with van der Waals surface area (Å²) in [4.78, 5) is 4.49. The van der Waals surface area contributed by atoms with Crippen molar-refractivity contribution in [3.05, 3.63) is 89.2 Å². The summed E-state index contributed by atoms with van der Waals surface area (Å²) in [5.41, 5.74) is 8.99. The average molecular weight is 283 g/mol. The predicted octanol–water partition coefficient (Wildman–Crippen LogP) is 5.15. The Morgan fingerprint density at radius 1 is 0.864 bits per heavy atom. The van der Waals surface area contributed by atoms with Gasteiger partial charge in [0.1, 0.15) is 0 Å². The minimum Gasteiger partial charge on any atom is -0.257 e. The summed E-state index contributed by atoms with van der Waals surface area (Å²) in [7, 11) is 0. The van der Waals surface area contributed by atoms with E-state index in [1.54, 1.807) is 0 Å². The first-order valence-electron chi connectivity index (χ1n) is 7.62. The van der Waals surface area contributed by atoms with Crippen molar-refractivity contribution in [2.45, 2.75) is 13.3 Å². The molecule has 1 aliphatic rings.